The fraction of sp³-hybridized carbons (Fsp3) is 0.158. The highest BCUT2D eigenvalue weighted by Crippen LogP contribution is 2.57. The number of furan rings is 2. The fourth-order valence-corrected chi connectivity index (χ4v) is 20.0. The Morgan fingerprint density at radius 1 is 0.298 bits per heavy atom. The monoisotopic (exact) mass is 1560 g/mol. The molecule has 3 aliphatic rings. The Morgan fingerprint density at radius 2 is 0.736 bits per heavy atom. The van der Waals surface area contributed by atoms with Crippen LogP contribution in [0.15, 0.2) is 342 Å². The van der Waals surface area contributed by atoms with Gasteiger partial charge in [0.05, 0.1) is 27.9 Å². The van der Waals surface area contributed by atoms with E-state index in [0.717, 1.165) is 169 Å². The molecule has 4 aromatic heterocycles. The van der Waals surface area contributed by atoms with E-state index in [9.17, 15) is 0 Å². The van der Waals surface area contributed by atoms with E-state index in [1.807, 2.05) is 0 Å². The minimum absolute atomic E-state index is 0.0722. The number of fused-ring (bicyclic) bond motifs is 17. The number of rotatable bonds is 9. The number of para-hydroxylation sites is 4. The van der Waals surface area contributed by atoms with Crippen LogP contribution in [0.5, 0.6) is 0 Å². The van der Waals surface area contributed by atoms with Gasteiger partial charge in [-0.2, -0.15) is 0 Å². The van der Waals surface area contributed by atoms with Crippen molar-refractivity contribution in [1.82, 2.24) is 9.13 Å². The number of nitrogens with zero attached hydrogens (tertiary/aromatic N) is 4. The molecule has 7 heteroatoms. The summed E-state index contributed by atoms with van der Waals surface area (Å²) in [5, 5.41) is 7.85. The molecule has 0 bridgehead atoms. The summed E-state index contributed by atoms with van der Waals surface area (Å²) in [4.78, 5) is 5.47. The van der Waals surface area contributed by atoms with E-state index in [2.05, 4.69) is 436 Å². The Hall–Kier alpha value is -13.6. The molecule has 15 aromatic carbocycles. The maximum absolute atomic E-state index is 7.60. The third kappa shape index (κ3) is 11.9. The van der Waals surface area contributed by atoms with Crippen LogP contribution in [-0.4, -0.2) is 15.8 Å². The summed E-state index contributed by atoms with van der Waals surface area (Å²) in [6, 6.07) is 120. The predicted octanol–water partition coefficient (Wildman–Crippen LogP) is 29.8. The van der Waals surface area contributed by atoms with Gasteiger partial charge in [0.2, 0.25) is 0 Å². The molecule has 19 aromatic rings. The van der Waals surface area contributed by atoms with Gasteiger partial charge in [0.1, 0.15) is 22.3 Å². The normalized spacial score (nSPS) is 14.4. The van der Waals surface area contributed by atoms with Crippen LogP contribution in [0, 0.1) is 5.41 Å². The molecule has 6 heterocycles. The standard InChI is InChI=1S/C114H95BN4O2/c1-111(2,3)75-42-25-29-50-96-90(62-75)91-63-76(112(4,5)6)52-57-97(91)117(96)80-54-56-93-99(69-80)119(109-88(72-38-21-15-22-39-72)66-78(114(10,11)12)67-89(109)73-40-23-16-24-41-73)101-61-74(81-46-33-47-85-106-104(121-110(81)85)59-58-103-105(106)84-45-28-32-51-102(84)120-103)60-100-107(101)115(93)92-55-53-79(116-94-48-30-26-43-82(94)83-44-27-31-49-95(83)116)68-98(92)118(100)108-86(70-34-17-13-18-35-70)64-77(113(7,8)9)65-87(108)71-36-19-14-20-37-71/h13-41,43-49,51-69H,42,50H2,1-12H3/b29-25-,75-62+. The third-order valence-corrected chi connectivity index (χ3v) is 26.3. The van der Waals surface area contributed by atoms with Crippen LogP contribution in [0.3, 0.4) is 0 Å². The number of aromatic nitrogens is 2. The molecule has 0 saturated heterocycles. The van der Waals surface area contributed by atoms with Gasteiger partial charge in [-0.05, 0) is 192 Å². The Balaban J connectivity index is 0.947. The molecule has 0 N–H and O–H groups in total. The van der Waals surface area contributed by atoms with E-state index in [1.54, 1.807) is 0 Å². The SMILES string of the molecule is CC(C)(C)/C1=C/c2c(n(-c3ccc4c(c3)N(c3c(-c5ccccc5)cc(C(C)(C)C)cc3-c3ccccc3)c3cc(-c5cccc6c5oc5ccc7oc8ccccc8c7c56)cc5c3B4c3ccc(-n4c6ccccc6c6ccccc64)cc3N5c3c(-c4ccccc4)cc(C(C)(C)C)cc3-c3ccccc3)c3ccc(C(C)(C)C)cc23)C/C=C\C1. The van der Waals surface area contributed by atoms with E-state index in [4.69, 9.17) is 8.83 Å². The lowest BCUT2D eigenvalue weighted by Gasteiger charge is -2.46. The molecule has 0 radical (unpaired) electrons. The first-order chi connectivity index (χ1) is 58.6. The van der Waals surface area contributed by atoms with E-state index in [0.29, 0.717) is 0 Å². The van der Waals surface area contributed by atoms with Gasteiger partial charge < -0.3 is 27.8 Å². The maximum Gasteiger partial charge on any atom is 0.252 e. The molecule has 121 heavy (non-hydrogen) atoms. The van der Waals surface area contributed by atoms with Gasteiger partial charge in [0, 0.05) is 117 Å². The van der Waals surface area contributed by atoms with Crippen molar-refractivity contribution in [2.45, 2.75) is 112 Å². The lowest BCUT2D eigenvalue weighted by atomic mass is 9.33. The van der Waals surface area contributed by atoms with E-state index in [1.165, 1.54) is 71.6 Å². The molecule has 0 spiro atoms. The third-order valence-electron chi connectivity index (χ3n) is 26.3. The highest BCUT2D eigenvalue weighted by atomic mass is 16.3. The van der Waals surface area contributed by atoms with Crippen LogP contribution in [0.1, 0.15) is 117 Å². The molecule has 0 fully saturated rings. The van der Waals surface area contributed by atoms with Gasteiger partial charge in [0.25, 0.3) is 6.71 Å². The van der Waals surface area contributed by atoms with Crippen molar-refractivity contribution in [2.24, 2.45) is 5.41 Å². The van der Waals surface area contributed by atoms with Gasteiger partial charge in [-0.3, -0.25) is 0 Å². The number of anilines is 6. The summed E-state index contributed by atoms with van der Waals surface area (Å²) in [6.07, 6.45) is 9.06. The zero-order chi connectivity index (χ0) is 82.3. The molecule has 6 nitrogen and oxygen atoms in total. The molecule has 1 aliphatic carbocycles. The second kappa shape index (κ2) is 27.5. The average molecular weight is 1560 g/mol. The first-order valence-electron chi connectivity index (χ1n) is 43.0. The van der Waals surface area contributed by atoms with Crippen molar-refractivity contribution in [2.75, 3.05) is 9.80 Å². The van der Waals surface area contributed by atoms with Crippen molar-refractivity contribution < 1.29 is 8.83 Å². The molecule has 0 amide bonds. The minimum atomic E-state index is -0.345. The van der Waals surface area contributed by atoms with Crippen LogP contribution in [0.2, 0.25) is 0 Å². The summed E-state index contributed by atoms with van der Waals surface area (Å²) in [6.45, 7) is 28.0. The molecule has 0 unspecified atom stereocenters. The molecule has 2 aliphatic heterocycles. The van der Waals surface area contributed by atoms with Crippen LogP contribution >= 0.6 is 0 Å². The highest BCUT2D eigenvalue weighted by molar-refractivity contribution is 7.00. The zero-order valence-corrected chi connectivity index (χ0v) is 70.9. The quantitative estimate of drug-likeness (QED) is 0.107. The fourth-order valence-electron chi connectivity index (χ4n) is 20.0. The Labute approximate surface area is 708 Å². The summed E-state index contributed by atoms with van der Waals surface area (Å²) in [5.74, 6) is 0. The molecule has 22 rings (SSSR count). The molecular weight excluding hydrogens is 1470 g/mol. The highest BCUT2D eigenvalue weighted by Gasteiger charge is 2.47. The van der Waals surface area contributed by atoms with Crippen LogP contribution in [0.25, 0.3) is 150 Å². The minimum Gasteiger partial charge on any atom is -0.456 e. The van der Waals surface area contributed by atoms with Gasteiger partial charge in [-0.1, -0.05) is 319 Å². The number of benzene rings is 15. The van der Waals surface area contributed by atoms with Gasteiger partial charge in [0.15, 0.2) is 0 Å². The second-order valence-corrected chi connectivity index (χ2v) is 37.9. The molecule has 586 valence electrons. The summed E-state index contributed by atoms with van der Waals surface area (Å²) < 4.78 is 19.5. The Morgan fingerprint density at radius 3 is 1.24 bits per heavy atom. The van der Waals surface area contributed by atoms with Crippen LogP contribution in [0.4, 0.5) is 34.1 Å². The number of allylic oxidation sites excluding steroid dienone is 3. The first-order valence-corrected chi connectivity index (χ1v) is 43.0. The Bertz CT molecular complexity index is 7370. The van der Waals surface area contributed by atoms with Crippen molar-refractivity contribution in [1.29, 1.82) is 0 Å². The van der Waals surface area contributed by atoms with Crippen LogP contribution in [-0.2, 0) is 22.7 Å². The molecule has 0 saturated carbocycles. The van der Waals surface area contributed by atoms with Gasteiger partial charge in [-0.15, -0.1) is 0 Å². The van der Waals surface area contributed by atoms with Gasteiger partial charge >= 0.3 is 0 Å². The number of hydrogen-bond acceptors (Lipinski definition) is 4. The summed E-state index contributed by atoms with van der Waals surface area (Å²) >= 11 is 0. The Kier molecular flexibility index (Phi) is 16.7. The predicted molar refractivity (Wildman–Crippen MR) is 514 cm³/mol. The van der Waals surface area contributed by atoms with E-state index < -0.39 is 0 Å². The number of hydrogen-bond donors (Lipinski definition) is 0. The molecular formula is C114H95BN4O2. The van der Waals surface area contributed by atoms with Crippen molar-refractivity contribution in [3.05, 3.63) is 361 Å². The van der Waals surface area contributed by atoms with E-state index in [-0.39, 0.29) is 28.4 Å². The zero-order valence-electron chi connectivity index (χ0n) is 70.9. The maximum atomic E-state index is 7.60. The van der Waals surface area contributed by atoms with Crippen molar-refractivity contribution in [3.8, 4) is 67.0 Å². The largest absolute Gasteiger partial charge is 0.456 e. The topological polar surface area (TPSA) is 42.6 Å². The average Bonchev–Trinajstić information content (AvgIpc) is 1.45. The summed E-state index contributed by atoms with van der Waals surface area (Å²) in [7, 11) is 0. The van der Waals surface area contributed by atoms with Crippen molar-refractivity contribution >= 4 is 140 Å². The van der Waals surface area contributed by atoms with E-state index >= 15 is 0 Å². The van der Waals surface area contributed by atoms with Crippen LogP contribution < -0.4 is 26.2 Å². The van der Waals surface area contributed by atoms with Gasteiger partial charge in [-0.25, -0.2) is 0 Å². The first kappa shape index (κ1) is 73.7. The smallest absolute Gasteiger partial charge is 0.252 e. The second-order valence-electron chi connectivity index (χ2n) is 37.9. The summed E-state index contributed by atoms with van der Waals surface area (Å²) in [5.41, 5.74) is 37.1. The van der Waals surface area contributed by atoms with Crippen molar-refractivity contribution in [3.63, 3.8) is 0 Å². The lowest BCUT2D eigenvalue weighted by Crippen LogP contribution is -2.61. The molecule has 0 atom stereocenters. The lowest BCUT2D eigenvalue weighted by molar-refractivity contribution is 0.497.